The summed E-state index contributed by atoms with van der Waals surface area (Å²) in [7, 11) is 0. The molecule has 28 heavy (non-hydrogen) atoms. The Hall–Kier alpha value is -3.16. The summed E-state index contributed by atoms with van der Waals surface area (Å²) in [6.45, 7) is 4.97. The Labute approximate surface area is 161 Å². The van der Waals surface area contributed by atoms with Crippen molar-refractivity contribution in [2.24, 2.45) is 0 Å². The second-order valence-corrected chi connectivity index (χ2v) is 6.30. The maximum absolute atomic E-state index is 12.5. The first-order chi connectivity index (χ1) is 13.4. The van der Waals surface area contributed by atoms with Crippen LogP contribution in [0.5, 0.6) is 0 Å². The summed E-state index contributed by atoms with van der Waals surface area (Å²) in [5.41, 5.74) is 3.13. The van der Waals surface area contributed by atoms with Crippen LogP contribution in [0.4, 0.5) is 24.8 Å². The molecule has 0 aliphatic heterocycles. The zero-order valence-corrected chi connectivity index (χ0v) is 15.5. The highest BCUT2D eigenvalue weighted by atomic mass is 19.4. The van der Waals surface area contributed by atoms with Gasteiger partial charge in [0.2, 0.25) is 0 Å². The van der Waals surface area contributed by atoms with Crippen LogP contribution in [0.2, 0.25) is 0 Å². The fraction of sp³-hybridized carbons (Fsp3) is 0.250. The molecule has 0 unspecified atom stereocenters. The second kappa shape index (κ2) is 8.24. The number of halogens is 3. The second-order valence-electron chi connectivity index (χ2n) is 6.30. The van der Waals surface area contributed by atoms with Crippen LogP contribution in [0.3, 0.4) is 0 Å². The molecule has 0 amide bonds. The van der Waals surface area contributed by atoms with Crippen LogP contribution in [0.15, 0.2) is 48.7 Å². The lowest BCUT2D eigenvalue weighted by Gasteiger charge is -2.13. The molecular weight excluding hydrogens is 367 g/mol. The van der Waals surface area contributed by atoms with Crippen molar-refractivity contribution in [2.75, 3.05) is 23.7 Å². The number of hydrogen-bond donors (Lipinski definition) is 2. The first kappa shape index (κ1) is 19.6. The normalized spacial score (nSPS) is 11.3. The lowest BCUT2D eigenvalue weighted by atomic mass is 10.0. The first-order valence-electron chi connectivity index (χ1n) is 8.76. The molecule has 0 spiro atoms. The van der Waals surface area contributed by atoms with Gasteiger partial charge in [-0.25, -0.2) is 4.98 Å². The Morgan fingerprint density at radius 3 is 2.21 bits per heavy atom. The van der Waals surface area contributed by atoms with E-state index in [9.17, 15) is 13.2 Å². The Kier molecular flexibility index (Phi) is 5.77. The van der Waals surface area contributed by atoms with E-state index in [-0.39, 0.29) is 0 Å². The highest BCUT2D eigenvalue weighted by Gasteiger charge is 2.30. The van der Waals surface area contributed by atoms with Crippen molar-refractivity contribution in [2.45, 2.75) is 20.0 Å². The van der Waals surface area contributed by atoms with Crippen LogP contribution in [0.1, 0.15) is 16.7 Å². The van der Waals surface area contributed by atoms with Crippen LogP contribution in [0, 0.1) is 13.8 Å². The van der Waals surface area contributed by atoms with Crippen molar-refractivity contribution in [3.05, 3.63) is 65.4 Å². The van der Waals surface area contributed by atoms with Crippen molar-refractivity contribution in [1.82, 2.24) is 15.2 Å². The van der Waals surface area contributed by atoms with E-state index in [1.54, 1.807) is 0 Å². The summed E-state index contributed by atoms with van der Waals surface area (Å²) < 4.78 is 37.6. The van der Waals surface area contributed by atoms with Crippen LogP contribution < -0.4 is 10.6 Å². The molecule has 3 rings (SSSR count). The van der Waals surface area contributed by atoms with E-state index in [2.05, 4.69) is 25.8 Å². The molecule has 1 aromatic carbocycles. The van der Waals surface area contributed by atoms with Gasteiger partial charge in [-0.15, -0.1) is 10.2 Å². The predicted molar refractivity (Wildman–Crippen MR) is 103 cm³/mol. The number of rotatable bonds is 6. The molecule has 0 saturated carbocycles. The van der Waals surface area contributed by atoms with Gasteiger partial charge < -0.3 is 10.6 Å². The first-order valence-corrected chi connectivity index (χ1v) is 8.76. The smallest absolute Gasteiger partial charge is 0.368 e. The summed E-state index contributed by atoms with van der Waals surface area (Å²) in [6.07, 6.45) is -3.57. The summed E-state index contributed by atoms with van der Waals surface area (Å²) in [6, 6.07) is 12.2. The van der Waals surface area contributed by atoms with Crippen LogP contribution >= 0.6 is 0 Å². The molecule has 8 heteroatoms. The van der Waals surface area contributed by atoms with E-state index >= 15 is 0 Å². The molecule has 146 valence electrons. The average molecular weight is 387 g/mol. The summed E-state index contributed by atoms with van der Waals surface area (Å²) in [4.78, 5) is 3.78. The average Bonchev–Trinajstić information content (AvgIpc) is 2.69. The Balaban J connectivity index is 1.57. The van der Waals surface area contributed by atoms with Gasteiger partial charge in [-0.2, -0.15) is 13.2 Å². The molecule has 0 radical (unpaired) electrons. The number of aromatic nitrogens is 3. The number of pyridine rings is 1. The zero-order chi connectivity index (χ0) is 20.1. The van der Waals surface area contributed by atoms with Gasteiger partial charge in [-0.1, -0.05) is 30.3 Å². The number of alkyl halides is 3. The zero-order valence-electron chi connectivity index (χ0n) is 15.5. The quantitative estimate of drug-likeness (QED) is 0.601. The lowest BCUT2D eigenvalue weighted by molar-refractivity contribution is -0.137. The number of hydrogen-bond acceptors (Lipinski definition) is 5. The van der Waals surface area contributed by atoms with E-state index < -0.39 is 11.7 Å². The van der Waals surface area contributed by atoms with E-state index in [0.29, 0.717) is 24.7 Å². The Morgan fingerprint density at radius 1 is 0.857 bits per heavy atom. The van der Waals surface area contributed by atoms with Gasteiger partial charge in [0.25, 0.3) is 0 Å². The number of nitrogens with one attached hydrogen (secondary N) is 2. The highest BCUT2D eigenvalue weighted by molar-refractivity contribution is 5.66. The Bertz CT molecular complexity index is 925. The molecule has 2 N–H and O–H groups in total. The van der Waals surface area contributed by atoms with Crippen molar-refractivity contribution in [1.29, 1.82) is 0 Å². The summed E-state index contributed by atoms with van der Waals surface area (Å²) in [5.74, 6) is 1.06. The van der Waals surface area contributed by atoms with Crippen molar-refractivity contribution in [3.8, 4) is 11.3 Å². The molecule has 0 aliphatic carbocycles. The minimum atomic E-state index is -4.38. The van der Waals surface area contributed by atoms with Gasteiger partial charge in [0.1, 0.15) is 5.82 Å². The number of benzene rings is 1. The van der Waals surface area contributed by atoms with Crippen molar-refractivity contribution >= 4 is 11.6 Å². The molecule has 2 heterocycles. The Morgan fingerprint density at radius 2 is 1.57 bits per heavy atom. The summed E-state index contributed by atoms with van der Waals surface area (Å²) in [5, 5.41) is 14.8. The van der Waals surface area contributed by atoms with Gasteiger partial charge >= 0.3 is 6.18 Å². The fourth-order valence-corrected chi connectivity index (χ4v) is 2.68. The third-order valence-corrected chi connectivity index (χ3v) is 4.38. The molecule has 3 aromatic rings. The number of anilines is 2. The maximum Gasteiger partial charge on any atom is 0.417 e. The SMILES string of the molecule is Cc1c(NCCNc2ccc(C(F)(F)F)cn2)nnc(-c2ccccc2)c1C. The molecule has 0 aliphatic rings. The molecule has 0 atom stereocenters. The van der Waals surface area contributed by atoms with E-state index in [4.69, 9.17) is 0 Å². The molecule has 0 saturated heterocycles. The van der Waals surface area contributed by atoms with Gasteiger partial charge in [0.05, 0.1) is 11.3 Å². The molecule has 0 bridgehead atoms. The molecule has 5 nitrogen and oxygen atoms in total. The van der Waals surface area contributed by atoms with Gasteiger partial charge in [0.15, 0.2) is 5.82 Å². The van der Waals surface area contributed by atoms with Crippen LogP contribution in [0.25, 0.3) is 11.3 Å². The molecule has 0 fully saturated rings. The predicted octanol–water partition coefficient (Wildman–Crippen LogP) is 4.70. The van der Waals surface area contributed by atoms with Gasteiger partial charge in [-0.05, 0) is 37.1 Å². The van der Waals surface area contributed by atoms with E-state index in [0.717, 1.165) is 34.6 Å². The van der Waals surface area contributed by atoms with Crippen molar-refractivity contribution in [3.63, 3.8) is 0 Å². The largest absolute Gasteiger partial charge is 0.417 e. The topological polar surface area (TPSA) is 62.7 Å². The van der Waals surface area contributed by atoms with Crippen LogP contribution in [-0.4, -0.2) is 28.3 Å². The minimum Gasteiger partial charge on any atom is -0.368 e. The van der Waals surface area contributed by atoms with E-state index in [1.165, 1.54) is 6.07 Å². The molecular formula is C20H20F3N5. The lowest BCUT2D eigenvalue weighted by Crippen LogP contribution is -2.16. The highest BCUT2D eigenvalue weighted by Crippen LogP contribution is 2.29. The van der Waals surface area contributed by atoms with E-state index in [1.807, 2.05) is 44.2 Å². The monoisotopic (exact) mass is 387 g/mol. The standard InChI is InChI=1S/C20H20F3N5/c1-13-14(2)19(28-27-18(13)15-6-4-3-5-7-15)25-11-10-24-17-9-8-16(12-26-17)20(21,22)23/h3-9,12H,10-11H2,1-2H3,(H,24,26)(H,25,28). The van der Waals surface area contributed by atoms with Crippen molar-refractivity contribution < 1.29 is 13.2 Å². The third-order valence-electron chi connectivity index (χ3n) is 4.38. The minimum absolute atomic E-state index is 0.383. The number of nitrogens with zero attached hydrogens (tertiary/aromatic N) is 3. The maximum atomic E-state index is 12.5. The summed E-state index contributed by atoms with van der Waals surface area (Å²) >= 11 is 0. The van der Waals surface area contributed by atoms with Gasteiger partial charge in [0, 0.05) is 24.8 Å². The molecule has 2 aromatic heterocycles. The third kappa shape index (κ3) is 4.57. The van der Waals surface area contributed by atoms with Crippen LogP contribution in [-0.2, 0) is 6.18 Å². The fourth-order valence-electron chi connectivity index (χ4n) is 2.68. The van der Waals surface area contributed by atoms with Gasteiger partial charge in [-0.3, -0.25) is 0 Å².